The van der Waals surface area contributed by atoms with E-state index in [4.69, 9.17) is 9.47 Å². The van der Waals surface area contributed by atoms with Crippen LogP contribution in [0.1, 0.15) is 35.3 Å². The molecule has 0 spiro atoms. The molecule has 138 valence electrons. The molecule has 0 bridgehead atoms. The first-order chi connectivity index (χ1) is 12.6. The van der Waals surface area contributed by atoms with Crippen molar-refractivity contribution in [2.24, 2.45) is 0 Å². The zero-order valence-corrected chi connectivity index (χ0v) is 14.2. The zero-order valence-electron chi connectivity index (χ0n) is 14.2. The lowest BCUT2D eigenvalue weighted by atomic mass is 10.0. The van der Waals surface area contributed by atoms with E-state index in [1.807, 2.05) is 6.92 Å². The predicted octanol–water partition coefficient (Wildman–Crippen LogP) is 3.94. The average molecular weight is 363 g/mol. The Bertz CT molecular complexity index is 782. The molecule has 1 amide bonds. The van der Waals surface area contributed by atoms with Crippen molar-refractivity contribution in [2.75, 3.05) is 13.2 Å². The summed E-state index contributed by atoms with van der Waals surface area (Å²) in [5.74, 6) is 0.825. The fourth-order valence-electron chi connectivity index (χ4n) is 2.80. The Hall–Kier alpha value is -2.83. The second-order valence-corrected chi connectivity index (χ2v) is 5.71. The number of carbonyl (C=O) groups excluding carboxylic acids is 1. The van der Waals surface area contributed by atoms with E-state index in [1.54, 1.807) is 36.4 Å². The van der Waals surface area contributed by atoms with Gasteiger partial charge in [0, 0.05) is 11.1 Å². The average Bonchev–Trinajstić information content (AvgIpc) is 2.65. The van der Waals surface area contributed by atoms with E-state index >= 15 is 0 Å². The zero-order chi connectivity index (χ0) is 18.5. The van der Waals surface area contributed by atoms with Gasteiger partial charge in [0.15, 0.2) is 11.5 Å². The number of fused-ring (bicyclic) bond motifs is 1. The minimum atomic E-state index is -2.93. The molecule has 1 heterocycles. The first kappa shape index (κ1) is 18.0. The van der Waals surface area contributed by atoms with Gasteiger partial charge in [-0.25, -0.2) is 0 Å². The third-order valence-electron chi connectivity index (χ3n) is 4.03. The highest BCUT2D eigenvalue weighted by Crippen LogP contribution is 2.32. The molecule has 0 fully saturated rings. The van der Waals surface area contributed by atoms with Gasteiger partial charge in [0.25, 0.3) is 5.91 Å². The summed E-state index contributed by atoms with van der Waals surface area (Å²) in [6.45, 7) is -0.179. The molecule has 0 aromatic heterocycles. The first-order valence-corrected chi connectivity index (χ1v) is 8.32. The van der Waals surface area contributed by atoms with Gasteiger partial charge in [-0.3, -0.25) is 4.79 Å². The van der Waals surface area contributed by atoms with Gasteiger partial charge in [-0.1, -0.05) is 25.1 Å². The number of amides is 1. The fraction of sp³-hybridized carbons (Fsp3) is 0.316. The Kier molecular flexibility index (Phi) is 5.55. The standard InChI is InChI=1S/C19H19F2NO4/c1-2-14(13-5-3-4-6-15(13)26-19(20)21)22-18(23)12-7-8-16-17(11-12)25-10-9-24-16/h3-8,11,14,19H,2,9-10H2,1H3,(H,22,23). The van der Waals surface area contributed by atoms with Crippen LogP contribution in [0.25, 0.3) is 0 Å². The van der Waals surface area contributed by atoms with Crippen LogP contribution >= 0.6 is 0 Å². The molecule has 0 radical (unpaired) electrons. The van der Waals surface area contributed by atoms with Gasteiger partial charge in [-0.2, -0.15) is 8.78 Å². The number of benzene rings is 2. The van der Waals surface area contributed by atoms with Crippen LogP contribution in [0.2, 0.25) is 0 Å². The molecule has 0 saturated carbocycles. The van der Waals surface area contributed by atoms with E-state index in [0.29, 0.717) is 42.3 Å². The van der Waals surface area contributed by atoms with Crippen LogP contribution in [0.15, 0.2) is 42.5 Å². The van der Waals surface area contributed by atoms with E-state index in [1.165, 1.54) is 6.07 Å². The maximum atomic E-state index is 12.6. The van der Waals surface area contributed by atoms with Crippen molar-refractivity contribution in [1.29, 1.82) is 0 Å². The predicted molar refractivity (Wildman–Crippen MR) is 91.0 cm³/mol. The van der Waals surface area contributed by atoms with Crippen LogP contribution in [0, 0.1) is 0 Å². The number of hydrogen-bond donors (Lipinski definition) is 1. The summed E-state index contributed by atoms with van der Waals surface area (Å²) in [6, 6.07) is 10.9. The lowest BCUT2D eigenvalue weighted by Gasteiger charge is -2.22. The lowest BCUT2D eigenvalue weighted by Crippen LogP contribution is -2.29. The molecule has 5 nitrogen and oxygen atoms in total. The van der Waals surface area contributed by atoms with Crippen molar-refractivity contribution in [3.05, 3.63) is 53.6 Å². The monoisotopic (exact) mass is 363 g/mol. The van der Waals surface area contributed by atoms with E-state index < -0.39 is 12.7 Å². The van der Waals surface area contributed by atoms with Gasteiger partial charge in [0.2, 0.25) is 0 Å². The quantitative estimate of drug-likeness (QED) is 0.845. The van der Waals surface area contributed by atoms with Crippen molar-refractivity contribution < 1.29 is 27.8 Å². The minimum Gasteiger partial charge on any atom is -0.486 e. The van der Waals surface area contributed by atoms with Crippen molar-refractivity contribution in [3.63, 3.8) is 0 Å². The smallest absolute Gasteiger partial charge is 0.387 e. The van der Waals surface area contributed by atoms with E-state index in [-0.39, 0.29) is 11.7 Å². The Morgan fingerprint density at radius 1 is 1.15 bits per heavy atom. The van der Waals surface area contributed by atoms with Crippen LogP contribution in [0.4, 0.5) is 8.78 Å². The summed E-state index contributed by atoms with van der Waals surface area (Å²) in [7, 11) is 0. The molecule has 2 aromatic carbocycles. The molecule has 1 aliphatic heterocycles. The van der Waals surface area contributed by atoms with Gasteiger partial charge in [-0.05, 0) is 30.7 Å². The van der Waals surface area contributed by atoms with Crippen LogP contribution in [-0.2, 0) is 0 Å². The molecule has 26 heavy (non-hydrogen) atoms. The number of rotatable bonds is 6. The third-order valence-corrected chi connectivity index (χ3v) is 4.03. The van der Waals surface area contributed by atoms with Gasteiger partial charge in [0.1, 0.15) is 19.0 Å². The van der Waals surface area contributed by atoms with Crippen molar-refractivity contribution in [3.8, 4) is 17.2 Å². The number of halogens is 2. The summed E-state index contributed by atoms with van der Waals surface area (Å²) in [6.07, 6.45) is 0.514. The largest absolute Gasteiger partial charge is 0.486 e. The molecule has 1 N–H and O–H groups in total. The fourth-order valence-corrected chi connectivity index (χ4v) is 2.80. The second-order valence-electron chi connectivity index (χ2n) is 5.71. The summed E-state index contributed by atoms with van der Waals surface area (Å²) in [5, 5.41) is 2.86. The number of carbonyl (C=O) groups is 1. The van der Waals surface area contributed by atoms with Gasteiger partial charge < -0.3 is 19.5 Å². The number of para-hydroxylation sites is 1. The first-order valence-electron chi connectivity index (χ1n) is 8.32. The maximum absolute atomic E-state index is 12.6. The number of nitrogens with one attached hydrogen (secondary N) is 1. The van der Waals surface area contributed by atoms with Crippen molar-refractivity contribution >= 4 is 5.91 Å². The molecule has 0 saturated heterocycles. The second kappa shape index (κ2) is 8.03. The molecule has 1 unspecified atom stereocenters. The Morgan fingerprint density at radius 3 is 2.62 bits per heavy atom. The molecular formula is C19H19F2NO4. The normalized spacial score (nSPS) is 14.0. The van der Waals surface area contributed by atoms with Gasteiger partial charge in [-0.15, -0.1) is 0 Å². The van der Waals surface area contributed by atoms with Crippen LogP contribution < -0.4 is 19.5 Å². The molecule has 7 heteroatoms. The third kappa shape index (κ3) is 4.04. The van der Waals surface area contributed by atoms with Crippen LogP contribution in [-0.4, -0.2) is 25.7 Å². The molecule has 3 rings (SSSR count). The van der Waals surface area contributed by atoms with E-state index in [2.05, 4.69) is 10.1 Å². The number of hydrogen-bond acceptors (Lipinski definition) is 4. The van der Waals surface area contributed by atoms with E-state index in [0.717, 1.165) is 0 Å². The van der Waals surface area contributed by atoms with Crippen molar-refractivity contribution in [1.82, 2.24) is 5.32 Å². The van der Waals surface area contributed by atoms with Crippen LogP contribution in [0.3, 0.4) is 0 Å². The molecular weight excluding hydrogens is 344 g/mol. The number of ether oxygens (including phenoxy) is 3. The Labute approximate surface area is 149 Å². The van der Waals surface area contributed by atoms with Gasteiger partial charge >= 0.3 is 6.61 Å². The molecule has 2 aromatic rings. The van der Waals surface area contributed by atoms with Crippen LogP contribution in [0.5, 0.6) is 17.2 Å². The topological polar surface area (TPSA) is 56.8 Å². The van der Waals surface area contributed by atoms with Crippen molar-refractivity contribution in [2.45, 2.75) is 26.0 Å². The summed E-state index contributed by atoms with van der Waals surface area (Å²) in [4.78, 5) is 12.6. The summed E-state index contributed by atoms with van der Waals surface area (Å²) in [5.41, 5.74) is 0.904. The van der Waals surface area contributed by atoms with E-state index in [9.17, 15) is 13.6 Å². The summed E-state index contributed by atoms with van der Waals surface area (Å²) >= 11 is 0. The molecule has 0 aliphatic carbocycles. The summed E-state index contributed by atoms with van der Waals surface area (Å²) < 4.78 is 40.7. The lowest BCUT2D eigenvalue weighted by molar-refractivity contribution is -0.0506. The molecule has 1 aliphatic rings. The maximum Gasteiger partial charge on any atom is 0.387 e. The Morgan fingerprint density at radius 2 is 1.88 bits per heavy atom. The number of alkyl halides is 2. The minimum absolute atomic E-state index is 0.0526. The van der Waals surface area contributed by atoms with Gasteiger partial charge in [0.05, 0.1) is 6.04 Å². The molecule has 1 atom stereocenters. The SMILES string of the molecule is CCC(NC(=O)c1ccc2c(c1)OCCO2)c1ccccc1OC(F)F. The Balaban J connectivity index is 1.79. The highest BCUT2D eigenvalue weighted by atomic mass is 19.3. The highest BCUT2D eigenvalue weighted by molar-refractivity contribution is 5.95. The highest BCUT2D eigenvalue weighted by Gasteiger charge is 2.21.